The predicted molar refractivity (Wildman–Crippen MR) is 75.8 cm³/mol. The highest BCUT2D eigenvalue weighted by Crippen LogP contribution is 2.46. The minimum Gasteiger partial charge on any atom is -0.508 e. The van der Waals surface area contributed by atoms with Crippen LogP contribution >= 0.6 is 0 Å². The third kappa shape index (κ3) is 2.75. The summed E-state index contributed by atoms with van der Waals surface area (Å²) in [7, 11) is 0. The zero-order chi connectivity index (χ0) is 17.5. The van der Waals surface area contributed by atoms with Crippen LogP contribution in [0.1, 0.15) is 11.1 Å². The molecule has 0 saturated heterocycles. The predicted octanol–water partition coefficient (Wildman–Crippen LogP) is -1.35. The van der Waals surface area contributed by atoms with Crippen LogP contribution in [0.15, 0.2) is 48.5 Å². The molecule has 0 saturated carbocycles. The Balaban J connectivity index is 2.86. The van der Waals surface area contributed by atoms with Crippen LogP contribution in [0.2, 0.25) is 0 Å². The first-order valence-electron chi connectivity index (χ1n) is 6.43. The lowest BCUT2D eigenvalue weighted by molar-refractivity contribution is -0.442. The molecule has 0 fully saturated rings. The molecule has 0 atom stereocenters. The average Bonchev–Trinajstić information content (AvgIpc) is 2.40. The van der Waals surface area contributed by atoms with Crippen molar-refractivity contribution in [1.29, 1.82) is 0 Å². The van der Waals surface area contributed by atoms with Crippen molar-refractivity contribution in [2.75, 3.05) is 0 Å². The summed E-state index contributed by atoms with van der Waals surface area (Å²) in [6.07, 6.45) is 0. The molecular weight excluding hydrogens is 308 g/mol. The van der Waals surface area contributed by atoms with E-state index in [1.165, 1.54) is 0 Å². The van der Waals surface area contributed by atoms with Gasteiger partial charge in [0, 0.05) is 0 Å². The molecule has 8 N–H and O–H groups in total. The minimum absolute atomic E-state index is 0.216. The molecule has 0 heterocycles. The molecule has 8 nitrogen and oxygen atoms in total. The molecule has 0 spiro atoms. The molecule has 0 aromatic heterocycles. The first-order valence-corrected chi connectivity index (χ1v) is 6.43. The Morgan fingerprint density at radius 1 is 0.478 bits per heavy atom. The Hall–Kier alpha value is -2.20. The number of hydrogen-bond acceptors (Lipinski definition) is 8. The molecule has 124 valence electrons. The van der Waals surface area contributed by atoms with E-state index in [1.54, 1.807) is 0 Å². The van der Waals surface area contributed by atoms with Gasteiger partial charge in [-0.3, -0.25) is 0 Å². The van der Waals surface area contributed by atoms with Crippen molar-refractivity contribution in [1.82, 2.24) is 0 Å². The molecule has 0 aliphatic rings. The van der Waals surface area contributed by atoms with Gasteiger partial charge in [-0.15, -0.1) is 0 Å². The second-order valence-corrected chi connectivity index (χ2v) is 5.11. The van der Waals surface area contributed by atoms with E-state index in [0.717, 1.165) is 48.5 Å². The van der Waals surface area contributed by atoms with Crippen LogP contribution in [0.4, 0.5) is 0 Å². The standard InChI is InChI=1S/C15H16O8/c16-11-5-1-9(2-6-11)13(14(18,19)20,15(21,22)23)10-3-7-12(17)8-4-10/h1-8,16-23H. The second-order valence-electron chi connectivity index (χ2n) is 5.11. The van der Waals surface area contributed by atoms with E-state index < -0.39 is 17.4 Å². The molecule has 0 radical (unpaired) electrons. The SMILES string of the molecule is Oc1ccc(C(c2ccc(O)cc2)(C(O)(O)O)C(O)(O)O)cc1. The van der Waals surface area contributed by atoms with Gasteiger partial charge in [-0.2, -0.15) is 0 Å². The van der Waals surface area contributed by atoms with Crippen LogP contribution in [0.25, 0.3) is 0 Å². The maximum Gasteiger partial charge on any atom is 0.298 e. The van der Waals surface area contributed by atoms with Crippen molar-refractivity contribution in [3.63, 3.8) is 0 Å². The number of hydrogen-bond donors (Lipinski definition) is 8. The Labute approximate surface area is 130 Å². The van der Waals surface area contributed by atoms with Gasteiger partial charge < -0.3 is 40.9 Å². The van der Waals surface area contributed by atoms with E-state index in [-0.39, 0.29) is 22.6 Å². The topological polar surface area (TPSA) is 162 Å². The molecule has 0 amide bonds. The third-order valence-electron chi connectivity index (χ3n) is 3.61. The quantitative estimate of drug-likeness (QED) is 0.320. The lowest BCUT2D eigenvalue weighted by Gasteiger charge is -2.45. The van der Waals surface area contributed by atoms with Gasteiger partial charge in [0.25, 0.3) is 11.9 Å². The Bertz CT molecular complexity index is 603. The summed E-state index contributed by atoms with van der Waals surface area (Å²) in [6, 6.07) is 8.55. The lowest BCUT2D eigenvalue weighted by Crippen LogP contribution is -2.66. The van der Waals surface area contributed by atoms with E-state index in [0.29, 0.717) is 0 Å². The summed E-state index contributed by atoms with van der Waals surface area (Å²) in [4.78, 5) is 0. The summed E-state index contributed by atoms with van der Waals surface area (Å²) in [6.45, 7) is 0. The first kappa shape index (κ1) is 17.2. The molecule has 2 aromatic rings. The number of aromatic hydroxyl groups is 2. The normalized spacial score (nSPS) is 13.1. The number of phenols is 2. The third-order valence-corrected chi connectivity index (χ3v) is 3.61. The second kappa shape index (κ2) is 5.46. The number of benzene rings is 2. The molecule has 0 unspecified atom stereocenters. The molecule has 0 aliphatic heterocycles. The van der Waals surface area contributed by atoms with Crippen LogP contribution in [0.3, 0.4) is 0 Å². The highest BCUT2D eigenvalue weighted by atomic mass is 16.7. The number of rotatable bonds is 4. The number of phenolic OH excluding ortho intramolecular Hbond substituents is 2. The van der Waals surface area contributed by atoms with Gasteiger partial charge in [0.15, 0.2) is 5.41 Å². The van der Waals surface area contributed by atoms with E-state index >= 15 is 0 Å². The van der Waals surface area contributed by atoms with Crippen LogP contribution < -0.4 is 0 Å². The fourth-order valence-electron chi connectivity index (χ4n) is 2.59. The highest BCUT2D eigenvalue weighted by Gasteiger charge is 2.65. The van der Waals surface area contributed by atoms with Gasteiger partial charge in [-0.05, 0) is 35.4 Å². The summed E-state index contributed by atoms with van der Waals surface area (Å²) in [5.41, 5.74) is -3.61. The van der Waals surface area contributed by atoms with Crippen LogP contribution in [-0.2, 0) is 5.41 Å². The Kier molecular flexibility index (Phi) is 4.07. The summed E-state index contributed by atoms with van der Waals surface area (Å²) in [5, 5.41) is 77.5. The highest BCUT2D eigenvalue weighted by molar-refractivity contribution is 5.46. The molecular formula is C15H16O8. The minimum atomic E-state index is -3.82. The first-order chi connectivity index (χ1) is 10.5. The van der Waals surface area contributed by atoms with Gasteiger partial charge in [0.1, 0.15) is 11.5 Å². The fourth-order valence-corrected chi connectivity index (χ4v) is 2.59. The van der Waals surface area contributed by atoms with Crippen molar-refractivity contribution < 1.29 is 40.9 Å². The summed E-state index contributed by atoms with van der Waals surface area (Å²) in [5.74, 6) is -8.07. The maximum absolute atomic E-state index is 9.82. The van der Waals surface area contributed by atoms with Gasteiger partial charge in [-0.1, -0.05) is 24.3 Å². The van der Waals surface area contributed by atoms with E-state index in [4.69, 9.17) is 0 Å². The monoisotopic (exact) mass is 324 g/mol. The van der Waals surface area contributed by atoms with Gasteiger partial charge in [0.05, 0.1) is 0 Å². The largest absolute Gasteiger partial charge is 0.508 e. The van der Waals surface area contributed by atoms with Crippen LogP contribution in [0, 0.1) is 0 Å². The molecule has 23 heavy (non-hydrogen) atoms. The van der Waals surface area contributed by atoms with Gasteiger partial charge in [-0.25, -0.2) is 0 Å². The zero-order valence-corrected chi connectivity index (χ0v) is 11.7. The molecule has 0 aliphatic carbocycles. The zero-order valence-electron chi connectivity index (χ0n) is 11.7. The van der Waals surface area contributed by atoms with Crippen molar-refractivity contribution in [2.24, 2.45) is 0 Å². The van der Waals surface area contributed by atoms with Gasteiger partial charge >= 0.3 is 0 Å². The number of aliphatic hydroxyl groups is 6. The van der Waals surface area contributed by atoms with Crippen LogP contribution in [-0.4, -0.2) is 52.8 Å². The maximum atomic E-state index is 9.82. The fraction of sp³-hybridized carbons (Fsp3) is 0.200. The van der Waals surface area contributed by atoms with E-state index in [1.807, 2.05) is 0 Å². The lowest BCUT2D eigenvalue weighted by atomic mass is 9.70. The van der Waals surface area contributed by atoms with Crippen molar-refractivity contribution in [3.8, 4) is 11.5 Å². The Morgan fingerprint density at radius 2 is 0.739 bits per heavy atom. The molecule has 2 rings (SSSR count). The summed E-state index contributed by atoms with van der Waals surface area (Å²) < 4.78 is 0. The van der Waals surface area contributed by atoms with E-state index in [9.17, 15) is 40.9 Å². The smallest absolute Gasteiger partial charge is 0.298 e. The van der Waals surface area contributed by atoms with Crippen molar-refractivity contribution >= 4 is 0 Å². The van der Waals surface area contributed by atoms with Crippen LogP contribution in [0.5, 0.6) is 11.5 Å². The molecule has 0 bridgehead atoms. The average molecular weight is 324 g/mol. The van der Waals surface area contributed by atoms with Crippen molar-refractivity contribution in [3.05, 3.63) is 59.7 Å². The van der Waals surface area contributed by atoms with E-state index in [2.05, 4.69) is 0 Å². The molecule has 8 heteroatoms. The summed E-state index contributed by atoms with van der Waals surface area (Å²) >= 11 is 0. The molecule has 2 aromatic carbocycles. The Morgan fingerprint density at radius 3 is 0.957 bits per heavy atom. The van der Waals surface area contributed by atoms with Gasteiger partial charge in [0.2, 0.25) is 0 Å². The van der Waals surface area contributed by atoms with Crippen molar-refractivity contribution in [2.45, 2.75) is 17.4 Å².